The zero-order valence-corrected chi connectivity index (χ0v) is 11.4. The Morgan fingerprint density at radius 2 is 2.30 bits per heavy atom. The molecule has 1 fully saturated rings. The van der Waals surface area contributed by atoms with Gasteiger partial charge in [-0.2, -0.15) is 4.98 Å². The van der Waals surface area contributed by atoms with E-state index in [-0.39, 0.29) is 30.4 Å². The van der Waals surface area contributed by atoms with Crippen LogP contribution in [0.4, 0.5) is 4.39 Å². The third-order valence-electron chi connectivity index (χ3n) is 3.14. The van der Waals surface area contributed by atoms with Crippen LogP contribution >= 0.6 is 12.4 Å². The number of aromatic nitrogens is 2. The Labute approximate surface area is 121 Å². The maximum atomic E-state index is 13.1. The average molecular weight is 300 g/mol. The van der Waals surface area contributed by atoms with E-state index in [1.54, 1.807) is 6.07 Å². The summed E-state index contributed by atoms with van der Waals surface area (Å²) >= 11 is 0. The second kappa shape index (κ2) is 6.30. The molecule has 0 radical (unpaired) electrons. The Balaban J connectivity index is 0.00000147. The van der Waals surface area contributed by atoms with Gasteiger partial charge in [-0.25, -0.2) is 4.39 Å². The molecule has 0 amide bonds. The van der Waals surface area contributed by atoms with Gasteiger partial charge < -0.3 is 14.9 Å². The van der Waals surface area contributed by atoms with Crippen LogP contribution in [-0.4, -0.2) is 27.9 Å². The van der Waals surface area contributed by atoms with E-state index >= 15 is 0 Å². The molecule has 2 aromatic rings. The van der Waals surface area contributed by atoms with Crippen LogP contribution < -0.4 is 5.32 Å². The van der Waals surface area contributed by atoms with Crippen molar-refractivity contribution in [2.75, 3.05) is 6.54 Å². The van der Waals surface area contributed by atoms with Crippen LogP contribution in [0.25, 0.3) is 0 Å². The first-order chi connectivity index (χ1) is 9.20. The Kier molecular flexibility index (Phi) is 4.69. The lowest BCUT2D eigenvalue weighted by molar-refractivity contribution is 0.191. The van der Waals surface area contributed by atoms with Crippen LogP contribution in [0.2, 0.25) is 0 Å². The zero-order chi connectivity index (χ0) is 13.2. The molecule has 2 atom stereocenters. The van der Waals surface area contributed by atoms with Crippen molar-refractivity contribution in [1.29, 1.82) is 0 Å². The number of benzene rings is 1. The molecule has 2 heterocycles. The molecule has 2 N–H and O–H groups in total. The van der Waals surface area contributed by atoms with E-state index in [2.05, 4.69) is 15.5 Å². The number of hydrogen-bond donors (Lipinski definition) is 2. The third-order valence-corrected chi connectivity index (χ3v) is 3.14. The van der Waals surface area contributed by atoms with Gasteiger partial charge in [0, 0.05) is 13.0 Å². The lowest BCUT2D eigenvalue weighted by atomic mass is 10.1. The van der Waals surface area contributed by atoms with E-state index in [0.29, 0.717) is 31.1 Å². The summed E-state index contributed by atoms with van der Waals surface area (Å²) in [6.45, 7) is 0.534. The summed E-state index contributed by atoms with van der Waals surface area (Å²) in [5.41, 5.74) is 0.798. The molecule has 0 bridgehead atoms. The highest BCUT2D eigenvalue weighted by Crippen LogP contribution is 2.22. The number of nitrogens with zero attached hydrogens (tertiary/aromatic N) is 2. The normalized spacial score (nSPS) is 21.7. The van der Waals surface area contributed by atoms with Crippen molar-refractivity contribution in [2.24, 2.45) is 0 Å². The number of aliphatic hydroxyl groups excluding tert-OH is 1. The van der Waals surface area contributed by atoms with E-state index in [1.165, 1.54) is 12.1 Å². The summed E-state index contributed by atoms with van der Waals surface area (Å²) < 4.78 is 18.2. The van der Waals surface area contributed by atoms with E-state index in [9.17, 15) is 9.50 Å². The fourth-order valence-corrected chi connectivity index (χ4v) is 2.22. The van der Waals surface area contributed by atoms with Gasteiger partial charge in [-0.3, -0.25) is 0 Å². The predicted octanol–water partition coefficient (Wildman–Crippen LogP) is 1.62. The fraction of sp³-hybridized carbons (Fsp3) is 0.385. The highest BCUT2D eigenvalue weighted by atomic mass is 35.5. The smallest absolute Gasteiger partial charge is 0.243 e. The summed E-state index contributed by atoms with van der Waals surface area (Å²) in [4.78, 5) is 4.28. The van der Waals surface area contributed by atoms with Crippen LogP contribution in [0.5, 0.6) is 0 Å². The Morgan fingerprint density at radius 1 is 1.45 bits per heavy atom. The summed E-state index contributed by atoms with van der Waals surface area (Å²) in [6.07, 6.45) is 0.626. The van der Waals surface area contributed by atoms with Crippen molar-refractivity contribution in [2.45, 2.75) is 25.0 Å². The van der Waals surface area contributed by atoms with Crippen LogP contribution in [0.3, 0.4) is 0 Å². The molecule has 1 aromatic carbocycles. The Hall–Kier alpha value is -1.50. The first kappa shape index (κ1) is 14.9. The third kappa shape index (κ3) is 3.33. The molecule has 5 nitrogen and oxygen atoms in total. The van der Waals surface area contributed by atoms with Gasteiger partial charge in [0.2, 0.25) is 5.89 Å². The topological polar surface area (TPSA) is 71.2 Å². The van der Waals surface area contributed by atoms with E-state index in [0.717, 1.165) is 5.56 Å². The molecule has 0 spiro atoms. The second-order valence-electron chi connectivity index (χ2n) is 4.71. The molecule has 1 aliphatic heterocycles. The van der Waals surface area contributed by atoms with Crippen LogP contribution in [0.15, 0.2) is 28.8 Å². The quantitative estimate of drug-likeness (QED) is 0.901. The minimum Gasteiger partial charge on any atom is -0.392 e. The molecule has 3 rings (SSSR count). The van der Waals surface area contributed by atoms with Gasteiger partial charge in [0.1, 0.15) is 5.82 Å². The zero-order valence-electron chi connectivity index (χ0n) is 10.6. The predicted molar refractivity (Wildman–Crippen MR) is 72.1 cm³/mol. The standard InChI is InChI=1S/C13H14FN3O2.ClH/c14-9-3-1-2-8(4-9)5-12-16-13(19-17-12)11-6-10(18)7-15-11;/h1-4,10-11,15,18H,5-7H2;1H/t10-,11-;/m1./s1. The number of rotatable bonds is 3. The Bertz CT molecular complexity index is 578. The van der Waals surface area contributed by atoms with Crippen molar-refractivity contribution in [1.82, 2.24) is 15.5 Å². The van der Waals surface area contributed by atoms with Crippen molar-refractivity contribution in [3.63, 3.8) is 0 Å². The van der Waals surface area contributed by atoms with Crippen molar-refractivity contribution < 1.29 is 14.0 Å². The first-order valence-electron chi connectivity index (χ1n) is 6.19. The number of hydrogen-bond acceptors (Lipinski definition) is 5. The van der Waals surface area contributed by atoms with Gasteiger partial charge in [0.25, 0.3) is 0 Å². The number of β-amino-alcohol motifs (C(OH)–C–C–N with tert-alkyl or cyclic N) is 1. The molecule has 1 saturated heterocycles. The van der Waals surface area contributed by atoms with E-state index in [4.69, 9.17) is 4.52 Å². The van der Waals surface area contributed by atoms with Crippen molar-refractivity contribution in [3.05, 3.63) is 47.4 Å². The van der Waals surface area contributed by atoms with Gasteiger partial charge in [0.15, 0.2) is 5.82 Å². The molecule has 0 saturated carbocycles. The van der Waals surface area contributed by atoms with Gasteiger partial charge in [0.05, 0.1) is 12.1 Å². The van der Waals surface area contributed by atoms with E-state index in [1.807, 2.05) is 6.07 Å². The van der Waals surface area contributed by atoms with Gasteiger partial charge >= 0.3 is 0 Å². The van der Waals surface area contributed by atoms with Crippen molar-refractivity contribution >= 4 is 12.4 Å². The summed E-state index contributed by atoms with van der Waals surface area (Å²) in [5, 5.41) is 16.4. The minimum atomic E-state index is -0.372. The SMILES string of the molecule is Cl.O[C@H]1CN[C@@H](c2nc(Cc3cccc(F)c3)no2)C1. The molecule has 20 heavy (non-hydrogen) atoms. The first-order valence-corrected chi connectivity index (χ1v) is 6.19. The summed E-state index contributed by atoms with van der Waals surface area (Å²) in [7, 11) is 0. The number of halogens is 2. The highest BCUT2D eigenvalue weighted by molar-refractivity contribution is 5.85. The number of nitrogens with one attached hydrogen (secondary N) is 1. The van der Waals surface area contributed by atoms with Crippen molar-refractivity contribution in [3.8, 4) is 0 Å². The maximum absolute atomic E-state index is 13.1. The van der Waals surface area contributed by atoms with Gasteiger partial charge in [-0.1, -0.05) is 17.3 Å². The van der Waals surface area contributed by atoms with Crippen LogP contribution in [0, 0.1) is 5.82 Å². The highest BCUT2D eigenvalue weighted by Gasteiger charge is 2.28. The molecular formula is C13H15ClFN3O2. The summed E-state index contributed by atoms with van der Waals surface area (Å²) in [5.74, 6) is 0.716. The lowest BCUT2D eigenvalue weighted by Gasteiger charge is -2.01. The van der Waals surface area contributed by atoms with Crippen LogP contribution in [0.1, 0.15) is 29.7 Å². The lowest BCUT2D eigenvalue weighted by Crippen LogP contribution is -2.15. The molecular weight excluding hydrogens is 285 g/mol. The largest absolute Gasteiger partial charge is 0.392 e. The second-order valence-corrected chi connectivity index (χ2v) is 4.71. The van der Waals surface area contributed by atoms with Gasteiger partial charge in [-0.05, 0) is 24.1 Å². The molecule has 7 heteroatoms. The van der Waals surface area contributed by atoms with Crippen LogP contribution in [-0.2, 0) is 6.42 Å². The Morgan fingerprint density at radius 3 is 3.00 bits per heavy atom. The molecule has 0 unspecified atom stereocenters. The maximum Gasteiger partial charge on any atom is 0.243 e. The van der Waals surface area contributed by atoms with E-state index < -0.39 is 0 Å². The molecule has 1 aliphatic rings. The molecule has 108 valence electrons. The molecule has 1 aromatic heterocycles. The molecule has 0 aliphatic carbocycles. The number of aliphatic hydroxyl groups is 1. The summed E-state index contributed by atoms with van der Waals surface area (Å²) in [6, 6.07) is 6.23. The van der Waals surface area contributed by atoms with Gasteiger partial charge in [-0.15, -0.1) is 12.4 Å². The monoisotopic (exact) mass is 299 g/mol. The average Bonchev–Trinajstić information content (AvgIpc) is 2.98. The minimum absolute atomic E-state index is 0. The fourth-order valence-electron chi connectivity index (χ4n) is 2.22.